The van der Waals surface area contributed by atoms with Gasteiger partial charge in [-0.25, -0.2) is 12.8 Å². The average Bonchev–Trinajstić information content (AvgIpc) is 2.60. The molecule has 1 aromatic heterocycles. The molecule has 0 radical (unpaired) electrons. The first-order valence-corrected chi connectivity index (χ1v) is 8.73. The van der Waals surface area contributed by atoms with Crippen LogP contribution in [0.4, 0.5) is 10.1 Å². The molecule has 3 rings (SSSR count). The molecule has 0 aliphatic carbocycles. The number of hydrogen-bond acceptors (Lipinski definition) is 4. The Balaban J connectivity index is 2.19. The number of pyridine rings is 1. The first kappa shape index (κ1) is 16.8. The van der Waals surface area contributed by atoms with E-state index in [9.17, 15) is 17.6 Å². The largest absolute Gasteiger partial charge is 0.368 e. The van der Waals surface area contributed by atoms with Crippen molar-refractivity contribution in [2.45, 2.75) is 4.90 Å². The number of amides is 1. The molecule has 3 aromatic rings. The highest BCUT2D eigenvalue weighted by Crippen LogP contribution is 2.28. The molecule has 2 N–H and O–H groups in total. The van der Waals surface area contributed by atoms with Crippen LogP contribution in [0.3, 0.4) is 0 Å². The van der Waals surface area contributed by atoms with Crippen molar-refractivity contribution in [2.75, 3.05) is 10.8 Å². The molecule has 1 amide bonds. The molecule has 1 heterocycles. The van der Waals surface area contributed by atoms with Crippen LogP contribution in [0, 0.1) is 5.82 Å². The minimum atomic E-state index is -4.11. The smallest absolute Gasteiger partial charge is 0.265 e. The van der Waals surface area contributed by atoms with E-state index in [1.807, 2.05) is 0 Å². The van der Waals surface area contributed by atoms with Gasteiger partial charge in [0.25, 0.3) is 10.0 Å². The fourth-order valence-corrected chi connectivity index (χ4v) is 4.15. The predicted octanol–water partition coefficient (Wildman–Crippen LogP) is 2.05. The molecule has 0 spiro atoms. The van der Waals surface area contributed by atoms with Crippen molar-refractivity contribution < 1.29 is 17.6 Å². The fraction of sp³-hybridized carbons (Fsp3) is 0.0588. The van der Waals surface area contributed by atoms with Crippen molar-refractivity contribution in [1.29, 1.82) is 0 Å². The molecule has 128 valence electrons. The quantitative estimate of drug-likeness (QED) is 0.754. The number of sulfonamides is 1. The number of primary amides is 1. The normalized spacial score (nSPS) is 11.4. The predicted molar refractivity (Wildman–Crippen MR) is 91.9 cm³/mol. The maximum absolute atomic E-state index is 13.2. The molecule has 6 nitrogen and oxygen atoms in total. The summed E-state index contributed by atoms with van der Waals surface area (Å²) in [5, 5.41) is 1.11. The molecule has 0 fully saturated rings. The van der Waals surface area contributed by atoms with Gasteiger partial charge in [0.2, 0.25) is 5.91 Å². The van der Waals surface area contributed by atoms with Crippen LogP contribution >= 0.6 is 0 Å². The van der Waals surface area contributed by atoms with E-state index in [0.29, 0.717) is 10.8 Å². The highest BCUT2D eigenvalue weighted by Gasteiger charge is 2.28. The van der Waals surface area contributed by atoms with Gasteiger partial charge in [0.05, 0.1) is 10.6 Å². The van der Waals surface area contributed by atoms with Crippen molar-refractivity contribution in [2.24, 2.45) is 5.73 Å². The number of nitrogens with two attached hydrogens (primary N) is 1. The van der Waals surface area contributed by atoms with Crippen LogP contribution in [0.25, 0.3) is 10.8 Å². The lowest BCUT2D eigenvalue weighted by atomic mass is 10.2. The van der Waals surface area contributed by atoms with Gasteiger partial charge < -0.3 is 5.73 Å². The Morgan fingerprint density at radius 1 is 1.12 bits per heavy atom. The maximum Gasteiger partial charge on any atom is 0.265 e. The van der Waals surface area contributed by atoms with Crippen molar-refractivity contribution in [3.63, 3.8) is 0 Å². The minimum Gasteiger partial charge on any atom is -0.368 e. The number of halogens is 1. The number of benzene rings is 2. The molecule has 0 unspecified atom stereocenters. The summed E-state index contributed by atoms with van der Waals surface area (Å²) in [5.74, 6) is -1.34. The summed E-state index contributed by atoms with van der Waals surface area (Å²) in [4.78, 5) is 15.4. The lowest BCUT2D eigenvalue weighted by Crippen LogP contribution is -2.38. The second kappa shape index (κ2) is 6.48. The van der Waals surface area contributed by atoms with Gasteiger partial charge in [0.15, 0.2) is 0 Å². The molecule has 0 saturated heterocycles. The first-order chi connectivity index (χ1) is 11.9. The summed E-state index contributed by atoms with van der Waals surface area (Å²) in [7, 11) is -4.11. The van der Waals surface area contributed by atoms with Gasteiger partial charge in [0.1, 0.15) is 12.4 Å². The summed E-state index contributed by atoms with van der Waals surface area (Å²) < 4.78 is 40.4. The summed E-state index contributed by atoms with van der Waals surface area (Å²) in [6, 6.07) is 11.1. The molecule has 8 heteroatoms. The standard InChI is InChI=1S/C17H14FN3O3S/c18-13-4-6-14(7-5-13)21(11-17(19)22)25(23,24)16-3-1-2-12-10-20-9-8-15(12)16/h1-10H,11H2,(H2,19,22). The number of hydrogen-bond donors (Lipinski definition) is 1. The fourth-order valence-electron chi connectivity index (χ4n) is 2.50. The van der Waals surface area contributed by atoms with Gasteiger partial charge in [-0.2, -0.15) is 0 Å². The monoisotopic (exact) mass is 359 g/mol. The second-order valence-corrected chi connectivity index (χ2v) is 7.14. The Bertz CT molecular complexity index is 1030. The van der Waals surface area contributed by atoms with Gasteiger partial charge in [-0.1, -0.05) is 12.1 Å². The molecule has 25 heavy (non-hydrogen) atoms. The van der Waals surface area contributed by atoms with Gasteiger partial charge in [-0.15, -0.1) is 0 Å². The van der Waals surface area contributed by atoms with Gasteiger partial charge in [0, 0.05) is 23.2 Å². The Kier molecular flexibility index (Phi) is 4.37. The number of carbonyl (C=O) groups is 1. The first-order valence-electron chi connectivity index (χ1n) is 7.29. The lowest BCUT2D eigenvalue weighted by molar-refractivity contribution is -0.116. The zero-order valence-corrected chi connectivity index (χ0v) is 13.8. The van der Waals surface area contributed by atoms with Crippen LogP contribution in [0.5, 0.6) is 0 Å². The van der Waals surface area contributed by atoms with Gasteiger partial charge >= 0.3 is 0 Å². The molecule has 0 aliphatic heterocycles. The number of aromatic nitrogens is 1. The van der Waals surface area contributed by atoms with E-state index in [4.69, 9.17) is 5.73 Å². The third-order valence-corrected chi connectivity index (χ3v) is 5.45. The van der Waals surface area contributed by atoms with E-state index in [0.717, 1.165) is 16.4 Å². The molecule has 0 aliphatic rings. The lowest BCUT2D eigenvalue weighted by Gasteiger charge is -2.23. The number of anilines is 1. The van der Waals surface area contributed by atoms with E-state index < -0.39 is 28.3 Å². The summed E-state index contributed by atoms with van der Waals surface area (Å²) in [6.45, 7) is -0.560. The van der Waals surface area contributed by atoms with Crippen molar-refractivity contribution in [3.05, 3.63) is 66.7 Å². The van der Waals surface area contributed by atoms with Crippen molar-refractivity contribution in [3.8, 4) is 0 Å². The average molecular weight is 359 g/mol. The van der Waals surface area contributed by atoms with E-state index >= 15 is 0 Å². The molecular formula is C17H14FN3O3S. The highest BCUT2D eigenvalue weighted by atomic mass is 32.2. The van der Waals surface area contributed by atoms with Crippen LogP contribution in [-0.4, -0.2) is 25.9 Å². The number of rotatable bonds is 5. The maximum atomic E-state index is 13.2. The van der Waals surface area contributed by atoms with E-state index in [-0.39, 0.29) is 10.6 Å². The van der Waals surface area contributed by atoms with Crippen LogP contribution in [0.15, 0.2) is 65.8 Å². The molecule has 0 atom stereocenters. The molecule has 2 aromatic carbocycles. The topological polar surface area (TPSA) is 93.4 Å². The van der Waals surface area contributed by atoms with E-state index in [1.165, 1.54) is 24.4 Å². The van der Waals surface area contributed by atoms with E-state index in [1.54, 1.807) is 24.4 Å². The molecule has 0 bridgehead atoms. The number of nitrogens with zero attached hydrogens (tertiary/aromatic N) is 2. The zero-order chi connectivity index (χ0) is 18.0. The third kappa shape index (κ3) is 3.29. The Morgan fingerprint density at radius 2 is 1.84 bits per heavy atom. The van der Waals surface area contributed by atoms with Crippen LogP contribution in [0.1, 0.15) is 0 Å². The van der Waals surface area contributed by atoms with Crippen molar-refractivity contribution in [1.82, 2.24) is 4.98 Å². The van der Waals surface area contributed by atoms with Gasteiger partial charge in [-0.3, -0.25) is 14.1 Å². The SMILES string of the molecule is NC(=O)CN(c1ccc(F)cc1)S(=O)(=O)c1cccc2cnccc12. The van der Waals surface area contributed by atoms with Crippen molar-refractivity contribution >= 4 is 32.4 Å². The van der Waals surface area contributed by atoms with Crippen LogP contribution < -0.4 is 10.0 Å². The number of carbonyl (C=O) groups excluding carboxylic acids is 1. The third-order valence-electron chi connectivity index (χ3n) is 3.62. The Morgan fingerprint density at radius 3 is 2.52 bits per heavy atom. The summed E-state index contributed by atoms with van der Waals surface area (Å²) in [6.07, 6.45) is 3.03. The van der Waals surface area contributed by atoms with E-state index in [2.05, 4.69) is 4.98 Å². The zero-order valence-electron chi connectivity index (χ0n) is 13.0. The van der Waals surface area contributed by atoms with Crippen LogP contribution in [-0.2, 0) is 14.8 Å². The van der Waals surface area contributed by atoms with Gasteiger partial charge in [-0.05, 0) is 36.4 Å². The molecular weight excluding hydrogens is 345 g/mol. The number of fused-ring (bicyclic) bond motifs is 1. The minimum absolute atomic E-state index is 0.0120. The van der Waals surface area contributed by atoms with Crippen LogP contribution in [0.2, 0.25) is 0 Å². The summed E-state index contributed by atoms with van der Waals surface area (Å²) >= 11 is 0. The molecule has 0 saturated carbocycles. The Labute approximate surface area is 143 Å². The summed E-state index contributed by atoms with van der Waals surface area (Å²) in [5.41, 5.74) is 5.36. The Hall–Kier alpha value is -3.00. The second-order valence-electron chi connectivity index (χ2n) is 5.31. The highest BCUT2D eigenvalue weighted by molar-refractivity contribution is 7.93.